The number of ether oxygens (including phenoxy) is 1. The molecule has 12 atom stereocenters. The molecule has 246 valence electrons. The highest BCUT2D eigenvalue weighted by Crippen LogP contribution is 2.76. The van der Waals surface area contributed by atoms with E-state index in [0.29, 0.717) is 48.7 Å². The Balaban J connectivity index is 1.42. The number of allylic oxidation sites excluding steroid dienone is 2. The van der Waals surface area contributed by atoms with E-state index in [1.807, 2.05) is 0 Å². The molecule has 0 aromatic heterocycles. The number of rotatable bonds is 8. The molecule has 5 heteroatoms. The third kappa shape index (κ3) is 4.91. The lowest BCUT2D eigenvalue weighted by Gasteiger charge is -2.72. The number of carboxylic acids is 1. The van der Waals surface area contributed by atoms with E-state index in [9.17, 15) is 15.0 Å². The Hall–Kier alpha value is -0.910. The van der Waals surface area contributed by atoms with Gasteiger partial charge in [0.1, 0.15) is 0 Å². The first-order valence-electron chi connectivity index (χ1n) is 17.9. The zero-order valence-corrected chi connectivity index (χ0v) is 29.3. The van der Waals surface area contributed by atoms with Gasteiger partial charge in [0, 0.05) is 6.54 Å². The molecule has 0 radical (unpaired) electrons. The molecule has 5 aliphatic carbocycles. The van der Waals surface area contributed by atoms with E-state index in [2.05, 4.69) is 80.6 Å². The first kappa shape index (κ1) is 33.5. The number of aliphatic carboxylic acids is 1. The molecule has 0 amide bonds. The summed E-state index contributed by atoms with van der Waals surface area (Å²) >= 11 is 0. The molecule has 5 rings (SSSR count). The number of carbonyl (C=O) groups is 1. The lowest BCUT2D eigenvalue weighted by molar-refractivity contribution is -0.235. The SMILES string of the molecule is CC(C)CNCC(O)CO[C@H]1CC(C)[C@]2(C)[C@H]3CC=C4[C@@H]5[C@@H](C)[C@H](C)CC[C@]5(C(=O)O)CC[C@@]4(C)[C@]3(C)CC[C@H]2C1(C)C. The molecule has 0 saturated heterocycles. The van der Waals surface area contributed by atoms with Crippen LogP contribution in [0.25, 0.3) is 0 Å². The molecule has 5 aliphatic rings. The molecule has 0 heterocycles. The number of aliphatic hydroxyl groups is 1. The summed E-state index contributed by atoms with van der Waals surface area (Å²) in [5.74, 6) is 2.80. The van der Waals surface area contributed by atoms with Gasteiger partial charge in [-0.15, -0.1) is 0 Å². The highest BCUT2D eigenvalue weighted by atomic mass is 16.5. The van der Waals surface area contributed by atoms with Gasteiger partial charge in [-0.25, -0.2) is 0 Å². The Labute approximate surface area is 263 Å². The molecular formula is C38H65NO4. The van der Waals surface area contributed by atoms with Crippen molar-refractivity contribution in [2.24, 2.45) is 68.5 Å². The fourth-order valence-corrected chi connectivity index (χ4v) is 12.2. The van der Waals surface area contributed by atoms with Crippen LogP contribution in [-0.2, 0) is 9.53 Å². The van der Waals surface area contributed by atoms with Crippen molar-refractivity contribution in [2.45, 2.75) is 133 Å². The van der Waals surface area contributed by atoms with Crippen LogP contribution in [0.2, 0.25) is 0 Å². The average Bonchev–Trinajstić information content (AvgIpc) is 2.92. The summed E-state index contributed by atoms with van der Waals surface area (Å²) in [6, 6.07) is 0. The predicted molar refractivity (Wildman–Crippen MR) is 175 cm³/mol. The summed E-state index contributed by atoms with van der Waals surface area (Å²) < 4.78 is 6.61. The maximum absolute atomic E-state index is 13.0. The Morgan fingerprint density at radius 3 is 2.35 bits per heavy atom. The summed E-state index contributed by atoms with van der Waals surface area (Å²) in [5, 5.41) is 24.8. The van der Waals surface area contributed by atoms with E-state index in [4.69, 9.17) is 4.74 Å². The molecule has 2 unspecified atom stereocenters. The van der Waals surface area contributed by atoms with Gasteiger partial charge < -0.3 is 20.3 Å². The van der Waals surface area contributed by atoms with Crippen molar-refractivity contribution in [3.8, 4) is 0 Å². The molecule has 3 N–H and O–H groups in total. The Morgan fingerprint density at radius 1 is 1.00 bits per heavy atom. The summed E-state index contributed by atoms with van der Waals surface area (Å²) in [4.78, 5) is 13.0. The topological polar surface area (TPSA) is 78.8 Å². The summed E-state index contributed by atoms with van der Waals surface area (Å²) in [5.41, 5.74) is 1.35. The van der Waals surface area contributed by atoms with Crippen LogP contribution in [0.5, 0.6) is 0 Å². The Kier molecular flexibility index (Phi) is 8.87. The van der Waals surface area contributed by atoms with Gasteiger partial charge >= 0.3 is 5.97 Å². The summed E-state index contributed by atoms with van der Waals surface area (Å²) in [6.07, 6.45) is 10.5. The largest absolute Gasteiger partial charge is 0.481 e. The molecule has 43 heavy (non-hydrogen) atoms. The molecule has 0 aromatic rings. The first-order valence-corrected chi connectivity index (χ1v) is 17.9. The van der Waals surface area contributed by atoms with E-state index in [-0.39, 0.29) is 33.7 Å². The Bertz CT molecular complexity index is 1080. The fraction of sp³-hybridized carbons (Fsp3) is 0.921. The zero-order chi connectivity index (χ0) is 31.8. The van der Waals surface area contributed by atoms with Crippen LogP contribution < -0.4 is 5.32 Å². The van der Waals surface area contributed by atoms with Crippen molar-refractivity contribution in [3.05, 3.63) is 11.6 Å². The van der Waals surface area contributed by atoms with Gasteiger partial charge in [-0.3, -0.25) is 4.79 Å². The third-order valence-corrected chi connectivity index (χ3v) is 15.4. The van der Waals surface area contributed by atoms with Crippen LogP contribution in [-0.4, -0.2) is 48.1 Å². The van der Waals surface area contributed by atoms with E-state index in [0.717, 1.165) is 45.1 Å². The maximum atomic E-state index is 13.0. The van der Waals surface area contributed by atoms with Crippen molar-refractivity contribution in [1.29, 1.82) is 0 Å². The number of aliphatic hydroxyl groups excluding tert-OH is 1. The quantitative estimate of drug-likeness (QED) is 0.247. The number of nitrogens with one attached hydrogen (secondary N) is 1. The minimum Gasteiger partial charge on any atom is -0.481 e. The summed E-state index contributed by atoms with van der Waals surface area (Å²) in [7, 11) is 0. The van der Waals surface area contributed by atoms with Gasteiger partial charge in [-0.1, -0.05) is 80.9 Å². The monoisotopic (exact) mass is 599 g/mol. The van der Waals surface area contributed by atoms with Gasteiger partial charge in [0.2, 0.25) is 0 Å². The number of hydrogen-bond acceptors (Lipinski definition) is 4. The van der Waals surface area contributed by atoms with E-state index in [1.54, 1.807) is 0 Å². The minimum atomic E-state index is -0.582. The van der Waals surface area contributed by atoms with E-state index >= 15 is 0 Å². The molecule has 5 nitrogen and oxygen atoms in total. The number of fused-ring (bicyclic) bond motifs is 7. The van der Waals surface area contributed by atoms with Crippen LogP contribution in [0.1, 0.15) is 121 Å². The normalized spacial score (nSPS) is 47.9. The average molecular weight is 600 g/mol. The van der Waals surface area contributed by atoms with Gasteiger partial charge in [-0.2, -0.15) is 0 Å². The Morgan fingerprint density at radius 2 is 1.70 bits per heavy atom. The van der Waals surface area contributed by atoms with Crippen molar-refractivity contribution in [2.75, 3.05) is 19.7 Å². The van der Waals surface area contributed by atoms with E-state index < -0.39 is 17.5 Å². The highest BCUT2D eigenvalue weighted by molar-refractivity contribution is 5.76. The highest BCUT2D eigenvalue weighted by Gasteiger charge is 2.70. The van der Waals surface area contributed by atoms with E-state index in [1.165, 1.54) is 18.4 Å². The fourth-order valence-electron chi connectivity index (χ4n) is 12.2. The molecule has 4 fully saturated rings. The molecule has 0 aliphatic heterocycles. The molecule has 0 spiro atoms. The first-order chi connectivity index (χ1) is 20.0. The van der Waals surface area contributed by atoms with Crippen molar-refractivity contribution >= 4 is 5.97 Å². The number of hydrogen-bond donors (Lipinski definition) is 3. The van der Waals surface area contributed by atoms with Crippen LogP contribution in [0.3, 0.4) is 0 Å². The van der Waals surface area contributed by atoms with Crippen molar-refractivity contribution < 1.29 is 19.7 Å². The second-order valence-electron chi connectivity index (χ2n) is 18.0. The number of carboxylic acid groups (broad SMARTS) is 1. The van der Waals surface area contributed by atoms with Gasteiger partial charge in [0.05, 0.1) is 24.2 Å². The summed E-state index contributed by atoms with van der Waals surface area (Å²) in [6.45, 7) is 26.1. The van der Waals surface area contributed by atoms with Crippen molar-refractivity contribution in [3.63, 3.8) is 0 Å². The molecule has 0 bridgehead atoms. The molecule has 4 saturated carbocycles. The second-order valence-corrected chi connectivity index (χ2v) is 18.0. The molecule has 0 aromatic carbocycles. The van der Waals surface area contributed by atoms with Gasteiger partial charge in [0.15, 0.2) is 0 Å². The minimum absolute atomic E-state index is 0.0247. The third-order valence-electron chi connectivity index (χ3n) is 15.4. The zero-order valence-electron chi connectivity index (χ0n) is 29.3. The predicted octanol–water partition coefficient (Wildman–Crippen LogP) is 7.97. The lowest BCUT2D eigenvalue weighted by atomic mass is 9.32. The van der Waals surface area contributed by atoms with Gasteiger partial charge in [0.25, 0.3) is 0 Å². The smallest absolute Gasteiger partial charge is 0.310 e. The van der Waals surface area contributed by atoms with Crippen molar-refractivity contribution in [1.82, 2.24) is 5.32 Å². The van der Waals surface area contributed by atoms with Gasteiger partial charge in [-0.05, 0) is 121 Å². The van der Waals surface area contributed by atoms with Crippen LogP contribution >= 0.6 is 0 Å². The standard InChI is InChI=1S/C38H65NO4/c1-23(2)20-39-21-27(40)22-43-31-19-25(4)37(10)29(34(31,6)7)14-15-36(9)30(37)12-11-28-32-26(5)24(3)13-16-38(32,33(41)42)18-17-35(28,36)8/h11,23-27,29-32,39-40H,12-22H2,1-10H3,(H,41,42)/t24-,25?,26+,27?,29+,30+,31+,32+,35-,36-,37+,38+/m1/s1. The molecular weight excluding hydrogens is 534 g/mol. The lowest BCUT2D eigenvalue weighted by Crippen LogP contribution is -2.67. The van der Waals surface area contributed by atoms with Crippen LogP contribution in [0.15, 0.2) is 11.6 Å². The second kappa shape index (κ2) is 11.4. The van der Waals surface area contributed by atoms with Crippen LogP contribution in [0, 0.1) is 68.5 Å². The van der Waals surface area contributed by atoms with Crippen LogP contribution in [0.4, 0.5) is 0 Å². The maximum Gasteiger partial charge on any atom is 0.310 e.